The minimum Gasteiger partial charge on any atom is -0.462 e. The lowest BCUT2D eigenvalue weighted by Gasteiger charge is -2.22. The van der Waals surface area contributed by atoms with Gasteiger partial charge in [-0.05, 0) is 124 Å². The van der Waals surface area contributed by atoms with Gasteiger partial charge < -0.3 is 24.1 Å². The van der Waals surface area contributed by atoms with Crippen LogP contribution in [0.25, 0.3) is 0 Å². The smallest absolute Gasteiger partial charge is 0.426 e. The van der Waals surface area contributed by atoms with Crippen molar-refractivity contribution in [2.45, 2.75) is 103 Å². The van der Waals surface area contributed by atoms with E-state index in [2.05, 4.69) is 13.2 Å². The molecule has 3 aromatic rings. The molecule has 0 aliphatic heterocycles. The summed E-state index contributed by atoms with van der Waals surface area (Å²) in [5.41, 5.74) is 2.32. The number of hydrogen-bond donors (Lipinski definition) is 1. The summed E-state index contributed by atoms with van der Waals surface area (Å²) in [6.45, 7) is 12.7. The zero-order chi connectivity index (χ0) is 37.4. The van der Waals surface area contributed by atoms with Gasteiger partial charge in [0.15, 0.2) is 6.29 Å². The summed E-state index contributed by atoms with van der Waals surface area (Å²) in [5, 5.41) is 9.57. The Morgan fingerprint density at radius 2 is 1.20 bits per heavy atom. The maximum absolute atomic E-state index is 15.1. The lowest BCUT2D eigenvalue weighted by molar-refractivity contribution is -0.188. The molecule has 6 nitrogen and oxygen atoms in total. The zero-order valence-electron chi connectivity index (χ0n) is 29.8. The third-order valence-electron chi connectivity index (χ3n) is 8.21. The largest absolute Gasteiger partial charge is 0.462 e. The van der Waals surface area contributed by atoms with Gasteiger partial charge in [-0.25, -0.2) is 4.79 Å². The van der Waals surface area contributed by atoms with Gasteiger partial charge in [-0.2, -0.15) is 17.6 Å². The van der Waals surface area contributed by atoms with Gasteiger partial charge in [0.05, 0.1) is 24.3 Å². The van der Waals surface area contributed by atoms with Crippen molar-refractivity contribution in [3.05, 3.63) is 119 Å². The Morgan fingerprint density at radius 1 is 0.706 bits per heavy atom. The molecule has 1 N–H and O–H groups in total. The quantitative estimate of drug-likeness (QED) is 0.0263. The molecule has 0 saturated heterocycles. The summed E-state index contributed by atoms with van der Waals surface area (Å²) in [5.74, 6) is -0.737. The van der Waals surface area contributed by atoms with E-state index in [9.17, 15) is 9.90 Å². The SMILES string of the molecule is C=C(C)C(=O)OCCCCCCc1ccc(C(F)(F)Oc2ccc(OC(F)(F)c3ccc(CCCCCCOC(O)C(=C)C)cc3)c(C)c2)cc1. The topological polar surface area (TPSA) is 74.2 Å². The second-order valence-electron chi connectivity index (χ2n) is 12.9. The third kappa shape index (κ3) is 14.2. The molecule has 0 aliphatic carbocycles. The molecule has 3 rings (SSSR count). The first-order chi connectivity index (χ1) is 24.2. The van der Waals surface area contributed by atoms with Crippen molar-refractivity contribution in [3.63, 3.8) is 0 Å². The van der Waals surface area contributed by atoms with Gasteiger partial charge in [0.25, 0.3) is 0 Å². The van der Waals surface area contributed by atoms with Gasteiger partial charge in [-0.3, -0.25) is 0 Å². The average molecular weight is 715 g/mol. The number of aliphatic hydroxyl groups excluding tert-OH is 1. The maximum Gasteiger partial charge on any atom is 0.426 e. The molecule has 0 fully saturated rings. The van der Waals surface area contributed by atoms with Crippen LogP contribution in [0.1, 0.15) is 93.0 Å². The van der Waals surface area contributed by atoms with Crippen molar-refractivity contribution in [1.82, 2.24) is 0 Å². The van der Waals surface area contributed by atoms with Crippen LogP contribution in [0.3, 0.4) is 0 Å². The van der Waals surface area contributed by atoms with Crippen molar-refractivity contribution >= 4 is 5.97 Å². The van der Waals surface area contributed by atoms with Crippen molar-refractivity contribution in [3.8, 4) is 11.5 Å². The molecule has 278 valence electrons. The van der Waals surface area contributed by atoms with Crippen molar-refractivity contribution in [1.29, 1.82) is 0 Å². The van der Waals surface area contributed by atoms with Gasteiger partial charge in [-0.15, -0.1) is 0 Å². The van der Waals surface area contributed by atoms with Crippen LogP contribution < -0.4 is 9.47 Å². The molecule has 0 bridgehead atoms. The Labute approximate surface area is 299 Å². The molecule has 51 heavy (non-hydrogen) atoms. The van der Waals surface area contributed by atoms with Crippen LogP contribution in [0.15, 0.2) is 91.0 Å². The number of halogens is 4. The highest BCUT2D eigenvalue weighted by Crippen LogP contribution is 2.37. The maximum atomic E-state index is 15.1. The number of carbonyl (C=O) groups excluding carboxylic acids is 1. The summed E-state index contributed by atoms with van der Waals surface area (Å²) >= 11 is 0. The van der Waals surface area contributed by atoms with E-state index in [1.54, 1.807) is 38.1 Å². The van der Waals surface area contributed by atoms with Crippen LogP contribution in [-0.4, -0.2) is 30.6 Å². The van der Waals surface area contributed by atoms with E-state index in [0.717, 1.165) is 75.3 Å². The summed E-state index contributed by atoms with van der Waals surface area (Å²) in [6, 6.07) is 15.5. The number of ether oxygens (including phenoxy) is 4. The molecule has 10 heteroatoms. The molecule has 0 spiro atoms. The highest BCUT2D eigenvalue weighted by atomic mass is 19.3. The van der Waals surface area contributed by atoms with E-state index in [4.69, 9.17) is 18.9 Å². The first kappa shape index (κ1) is 41.3. The number of carbonyl (C=O) groups is 1. The molecule has 3 aromatic carbocycles. The third-order valence-corrected chi connectivity index (χ3v) is 8.21. The zero-order valence-corrected chi connectivity index (χ0v) is 29.8. The van der Waals surface area contributed by atoms with Gasteiger partial charge >= 0.3 is 18.2 Å². The van der Waals surface area contributed by atoms with E-state index in [1.165, 1.54) is 49.4 Å². The minimum absolute atomic E-state index is 0.156. The number of benzene rings is 3. The number of rotatable bonds is 23. The van der Waals surface area contributed by atoms with Gasteiger partial charge in [0.1, 0.15) is 11.5 Å². The molecule has 1 unspecified atom stereocenters. The fraction of sp³-hybridized carbons (Fsp3) is 0.439. The predicted molar refractivity (Wildman–Crippen MR) is 190 cm³/mol. The molecule has 1 atom stereocenters. The number of hydrogen-bond acceptors (Lipinski definition) is 6. The lowest BCUT2D eigenvalue weighted by atomic mass is 10.0. The van der Waals surface area contributed by atoms with Crippen molar-refractivity contribution in [2.75, 3.05) is 13.2 Å². The highest BCUT2D eigenvalue weighted by molar-refractivity contribution is 5.86. The Hall–Kier alpha value is -4.15. The number of aryl methyl sites for hydroxylation is 3. The van der Waals surface area contributed by atoms with E-state index >= 15 is 17.6 Å². The predicted octanol–water partition coefficient (Wildman–Crippen LogP) is 10.5. The molecule has 0 aromatic heterocycles. The second kappa shape index (κ2) is 20.0. The molecule has 0 heterocycles. The number of alkyl halides is 4. The molecule has 0 saturated carbocycles. The molecule has 0 amide bonds. The summed E-state index contributed by atoms with van der Waals surface area (Å²) in [7, 11) is 0. The van der Waals surface area contributed by atoms with Crippen LogP contribution in [0.4, 0.5) is 17.6 Å². The van der Waals surface area contributed by atoms with E-state index in [-0.39, 0.29) is 28.2 Å². The van der Waals surface area contributed by atoms with Crippen LogP contribution in [0.2, 0.25) is 0 Å². The summed E-state index contributed by atoms with van der Waals surface area (Å²) < 4.78 is 80.6. The average Bonchev–Trinajstić information content (AvgIpc) is 3.08. The van der Waals surface area contributed by atoms with Crippen LogP contribution in [-0.2, 0) is 39.3 Å². The Morgan fingerprint density at radius 3 is 1.69 bits per heavy atom. The number of unbranched alkanes of at least 4 members (excludes halogenated alkanes) is 6. The van der Waals surface area contributed by atoms with E-state index < -0.39 is 24.5 Å². The van der Waals surface area contributed by atoms with Crippen LogP contribution >= 0.6 is 0 Å². The highest BCUT2D eigenvalue weighted by Gasteiger charge is 2.36. The van der Waals surface area contributed by atoms with Crippen LogP contribution in [0, 0.1) is 6.92 Å². The Balaban J connectivity index is 1.44. The summed E-state index contributed by atoms with van der Waals surface area (Å²) in [6.07, 6.45) is 0.148. The van der Waals surface area contributed by atoms with Gasteiger partial charge in [0.2, 0.25) is 0 Å². The number of aliphatic hydroxyl groups is 1. The monoisotopic (exact) mass is 714 g/mol. The molecule has 0 aliphatic rings. The van der Waals surface area contributed by atoms with E-state index in [0.29, 0.717) is 24.4 Å². The van der Waals surface area contributed by atoms with Gasteiger partial charge in [0, 0.05) is 5.57 Å². The normalized spacial score (nSPS) is 12.3. The Bertz CT molecular complexity index is 1550. The molecular weight excluding hydrogens is 664 g/mol. The fourth-order valence-electron chi connectivity index (χ4n) is 5.13. The standard InChI is InChI=1S/C41H50F4O6/c1-29(2)38(46)48-26-12-8-6-10-14-32-16-20-34(21-17-32)40(42,43)50-36-24-25-37(31(5)28-36)51-41(44,45)35-22-18-33(19-23-35)15-11-7-9-13-27-49-39(47)30(3)4/h16-25,28,39,47H,1,3,6-15,26-27H2,2,4-5H3. The first-order valence-corrected chi connectivity index (χ1v) is 17.4. The van der Waals surface area contributed by atoms with Gasteiger partial charge in [-0.1, -0.05) is 63.1 Å². The second-order valence-corrected chi connectivity index (χ2v) is 12.9. The van der Waals surface area contributed by atoms with Crippen molar-refractivity contribution in [2.24, 2.45) is 0 Å². The Kier molecular flexibility index (Phi) is 16.2. The van der Waals surface area contributed by atoms with E-state index in [1.807, 2.05) is 0 Å². The molecular formula is C41H50F4O6. The summed E-state index contributed by atoms with van der Waals surface area (Å²) in [4.78, 5) is 11.4. The first-order valence-electron chi connectivity index (χ1n) is 17.4. The lowest BCUT2D eigenvalue weighted by Crippen LogP contribution is -2.23. The number of esters is 1. The fourth-order valence-corrected chi connectivity index (χ4v) is 5.13. The molecule has 0 radical (unpaired) electrons. The van der Waals surface area contributed by atoms with Crippen LogP contribution in [0.5, 0.6) is 11.5 Å². The minimum atomic E-state index is -3.65. The van der Waals surface area contributed by atoms with Crippen molar-refractivity contribution < 1.29 is 46.4 Å².